The van der Waals surface area contributed by atoms with Crippen molar-refractivity contribution < 1.29 is 19.1 Å². The van der Waals surface area contributed by atoms with Gasteiger partial charge in [0.15, 0.2) is 0 Å². The average molecular weight is 395 g/mol. The highest BCUT2D eigenvalue weighted by atomic mass is 16.5. The number of Topliss-reactive ketones (excluding diaryl/α,β-unsaturated/α-hetero) is 2. The van der Waals surface area contributed by atoms with Crippen LogP contribution in [0, 0.1) is 24.2 Å². The van der Waals surface area contributed by atoms with Crippen LogP contribution in [0.1, 0.15) is 62.1 Å². The van der Waals surface area contributed by atoms with Crippen molar-refractivity contribution in [3.05, 3.63) is 34.9 Å². The van der Waals surface area contributed by atoms with E-state index in [1.54, 1.807) is 18.7 Å². The maximum Gasteiger partial charge on any atom is 0.251 e. The number of likely N-dealkylation sites (tertiary alicyclic amines) is 1. The number of carbonyl (C=O) groups is 3. The number of nitrogens with zero attached hydrogens (tertiary/aromatic N) is 1. The number of ether oxygens (including phenoxy) is 1. The number of aryl methyl sites for hydroxylation is 1. The lowest BCUT2D eigenvalue weighted by molar-refractivity contribution is -0.145. The molecule has 5 heteroatoms. The second kappa shape index (κ2) is 8.51. The van der Waals surface area contributed by atoms with E-state index in [4.69, 9.17) is 4.74 Å². The summed E-state index contributed by atoms with van der Waals surface area (Å²) in [6, 6.07) is 5.70. The highest BCUT2D eigenvalue weighted by Crippen LogP contribution is 2.46. The van der Waals surface area contributed by atoms with Crippen molar-refractivity contribution in [1.29, 1.82) is 0 Å². The van der Waals surface area contributed by atoms with Crippen LogP contribution in [0.5, 0.6) is 0 Å². The predicted molar refractivity (Wildman–Crippen MR) is 110 cm³/mol. The minimum absolute atomic E-state index is 0.00344. The van der Waals surface area contributed by atoms with Crippen LogP contribution in [0.2, 0.25) is 0 Å². The van der Waals surface area contributed by atoms with Crippen LogP contribution in [0.15, 0.2) is 18.2 Å². The quantitative estimate of drug-likeness (QED) is 0.583. The molecule has 5 nitrogen and oxygen atoms in total. The van der Waals surface area contributed by atoms with E-state index in [1.807, 2.05) is 25.1 Å². The standard InChI is InChI=1S/C24H29NO4/c1-5-6-18-7-8-19(16(2)13-18)22-20(26)14-24(15-21(22)27)9-11-25(12-10-24)23(28)17(3)29-4/h7-8,13,17,22H,9-12,14-15H2,1-4H3. The van der Waals surface area contributed by atoms with E-state index in [0.717, 1.165) is 16.7 Å². The second-order valence-corrected chi connectivity index (χ2v) is 8.37. The van der Waals surface area contributed by atoms with E-state index >= 15 is 0 Å². The van der Waals surface area contributed by atoms with Gasteiger partial charge in [-0.05, 0) is 62.3 Å². The molecular weight excluding hydrogens is 366 g/mol. The third-order valence-electron chi connectivity index (χ3n) is 6.43. The van der Waals surface area contributed by atoms with Gasteiger partial charge in [0.2, 0.25) is 0 Å². The fraction of sp³-hybridized carbons (Fsp3) is 0.542. The number of methoxy groups -OCH3 is 1. The molecule has 29 heavy (non-hydrogen) atoms. The molecule has 1 unspecified atom stereocenters. The zero-order valence-corrected chi connectivity index (χ0v) is 17.7. The van der Waals surface area contributed by atoms with E-state index in [0.29, 0.717) is 38.8 Å². The Morgan fingerprint density at radius 2 is 1.83 bits per heavy atom. The predicted octanol–water partition coefficient (Wildman–Crippen LogP) is 3.03. The van der Waals surface area contributed by atoms with Gasteiger partial charge in [-0.1, -0.05) is 12.0 Å². The Balaban J connectivity index is 1.73. The largest absolute Gasteiger partial charge is 0.372 e. The van der Waals surface area contributed by atoms with Crippen molar-refractivity contribution in [2.45, 2.75) is 58.5 Å². The van der Waals surface area contributed by atoms with Crippen molar-refractivity contribution >= 4 is 17.5 Å². The van der Waals surface area contributed by atoms with Gasteiger partial charge in [0.25, 0.3) is 5.91 Å². The second-order valence-electron chi connectivity index (χ2n) is 8.37. The molecule has 0 aromatic heterocycles. The lowest BCUT2D eigenvalue weighted by Gasteiger charge is -2.45. The zero-order valence-electron chi connectivity index (χ0n) is 17.7. The Hall–Kier alpha value is -2.45. The molecular formula is C24H29NO4. The number of piperidine rings is 1. The molecule has 1 aromatic rings. The van der Waals surface area contributed by atoms with Crippen LogP contribution in [0.3, 0.4) is 0 Å². The van der Waals surface area contributed by atoms with Crippen molar-refractivity contribution in [2.24, 2.45) is 5.41 Å². The van der Waals surface area contributed by atoms with Crippen LogP contribution >= 0.6 is 0 Å². The SMILES string of the molecule is CC#Cc1ccc(C2C(=O)CC3(CCN(C(=O)C(C)OC)CC3)CC2=O)c(C)c1. The highest BCUT2D eigenvalue weighted by molar-refractivity contribution is 6.10. The number of hydrogen-bond acceptors (Lipinski definition) is 4. The molecule has 2 aliphatic rings. The van der Waals surface area contributed by atoms with E-state index < -0.39 is 12.0 Å². The number of amides is 1. The van der Waals surface area contributed by atoms with E-state index in [9.17, 15) is 14.4 Å². The van der Waals surface area contributed by atoms with Gasteiger partial charge in [-0.2, -0.15) is 0 Å². The molecule has 1 aromatic carbocycles. The van der Waals surface area contributed by atoms with Gasteiger partial charge in [0.05, 0.1) is 0 Å². The number of hydrogen-bond donors (Lipinski definition) is 0. The van der Waals surface area contributed by atoms with Crippen molar-refractivity contribution in [1.82, 2.24) is 4.90 Å². The van der Waals surface area contributed by atoms with Crippen LogP contribution < -0.4 is 0 Å². The number of benzene rings is 1. The minimum Gasteiger partial charge on any atom is -0.372 e. The Morgan fingerprint density at radius 1 is 1.21 bits per heavy atom. The summed E-state index contributed by atoms with van der Waals surface area (Å²) in [6.07, 6.45) is 1.71. The molecule has 1 amide bonds. The van der Waals surface area contributed by atoms with Crippen LogP contribution in [0.25, 0.3) is 0 Å². The Kier molecular flexibility index (Phi) is 6.24. The van der Waals surface area contributed by atoms with Gasteiger partial charge < -0.3 is 9.64 Å². The third-order valence-corrected chi connectivity index (χ3v) is 6.43. The Labute approximate surface area is 172 Å². The molecule has 1 spiro atoms. The summed E-state index contributed by atoms with van der Waals surface area (Å²) < 4.78 is 5.13. The van der Waals surface area contributed by atoms with Gasteiger partial charge >= 0.3 is 0 Å². The monoisotopic (exact) mass is 395 g/mol. The number of rotatable bonds is 3. The topological polar surface area (TPSA) is 63.7 Å². The van der Waals surface area contributed by atoms with E-state index in [1.165, 1.54) is 7.11 Å². The Bertz CT molecular complexity index is 864. The summed E-state index contributed by atoms with van der Waals surface area (Å²) in [6.45, 7) is 6.60. The maximum absolute atomic E-state index is 13.1. The first-order chi connectivity index (χ1) is 13.8. The molecule has 3 rings (SSSR count). The molecule has 154 valence electrons. The zero-order chi connectivity index (χ0) is 21.2. The summed E-state index contributed by atoms with van der Waals surface area (Å²) in [5.41, 5.74) is 2.32. The minimum atomic E-state index is -0.669. The molecule has 1 aliphatic carbocycles. The lowest BCUT2D eigenvalue weighted by atomic mass is 9.63. The first kappa shape index (κ1) is 21.3. The van der Waals surface area contributed by atoms with Crippen molar-refractivity contribution in [3.63, 3.8) is 0 Å². The fourth-order valence-electron chi connectivity index (χ4n) is 4.67. The third kappa shape index (κ3) is 4.28. The molecule has 0 N–H and O–H groups in total. The fourth-order valence-corrected chi connectivity index (χ4v) is 4.67. The molecule has 0 radical (unpaired) electrons. The molecule has 1 heterocycles. The first-order valence-electron chi connectivity index (χ1n) is 10.2. The van der Waals surface area contributed by atoms with Gasteiger partial charge in [-0.15, -0.1) is 5.92 Å². The molecule has 0 bridgehead atoms. The number of carbonyl (C=O) groups excluding carboxylic acids is 3. The van der Waals surface area contributed by atoms with Crippen LogP contribution in [0.4, 0.5) is 0 Å². The molecule has 1 saturated heterocycles. The number of ketones is 2. The lowest BCUT2D eigenvalue weighted by Crippen LogP contribution is -2.50. The van der Waals surface area contributed by atoms with Crippen molar-refractivity contribution in [3.8, 4) is 11.8 Å². The summed E-state index contributed by atoms with van der Waals surface area (Å²) in [5.74, 6) is 5.19. The first-order valence-corrected chi connectivity index (χ1v) is 10.2. The van der Waals surface area contributed by atoms with E-state index in [2.05, 4.69) is 11.8 Å². The summed E-state index contributed by atoms with van der Waals surface area (Å²) in [4.78, 5) is 40.2. The van der Waals surface area contributed by atoms with Crippen LogP contribution in [-0.2, 0) is 19.1 Å². The maximum atomic E-state index is 13.1. The highest BCUT2D eigenvalue weighted by Gasteiger charge is 2.47. The summed E-state index contributed by atoms with van der Waals surface area (Å²) >= 11 is 0. The molecule has 1 saturated carbocycles. The summed E-state index contributed by atoms with van der Waals surface area (Å²) in [5, 5.41) is 0. The van der Waals surface area contributed by atoms with E-state index in [-0.39, 0.29) is 22.9 Å². The normalized spacial score (nSPS) is 20.3. The average Bonchev–Trinajstić information content (AvgIpc) is 2.68. The Morgan fingerprint density at radius 3 is 2.34 bits per heavy atom. The summed E-state index contributed by atoms with van der Waals surface area (Å²) in [7, 11) is 1.52. The molecule has 2 fully saturated rings. The van der Waals surface area contributed by atoms with Gasteiger partial charge in [-0.3, -0.25) is 14.4 Å². The van der Waals surface area contributed by atoms with Crippen molar-refractivity contribution in [2.75, 3.05) is 20.2 Å². The molecule has 1 aliphatic heterocycles. The van der Waals surface area contributed by atoms with Gasteiger partial charge in [-0.25, -0.2) is 0 Å². The van der Waals surface area contributed by atoms with Gasteiger partial charge in [0.1, 0.15) is 23.6 Å². The van der Waals surface area contributed by atoms with Gasteiger partial charge in [0, 0.05) is 38.6 Å². The smallest absolute Gasteiger partial charge is 0.251 e. The molecule has 1 atom stereocenters. The van der Waals surface area contributed by atoms with Crippen LogP contribution in [-0.4, -0.2) is 48.7 Å².